The van der Waals surface area contributed by atoms with Crippen LogP contribution in [-0.2, 0) is 0 Å². The Morgan fingerprint density at radius 1 is 1.25 bits per heavy atom. The molecule has 0 radical (unpaired) electrons. The van der Waals surface area contributed by atoms with Gasteiger partial charge in [0.05, 0.1) is 5.60 Å². The summed E-state index contributed by atoms with van der Waals surface area (Å²) in [5.41, 5.74) is -0.417. The topological polar surface area (TPSA) is 20.2 Å². The van der Waals surface area contributed by atoms with Gasteiger partial charge in [-0.25, -0.2) is 0 Å². The summed E-state index contributed by atoms with van der Waals surface area (Å²) in [5.74, 6) is 0. The zero-order valence-corrected chi connectivity index (χ0v) is 5.36. The van der Waals surface area contributed by atoms with Gasteiger partial charge >= 0.3 is 19.8 Å². The normalized spacial score (nSPS) is 10.5. The maximum absolute atomic E-state index is 9.13. The third-order valence-corrected chi connectivity index (χ3v) is 1.52. The van der Waals surface area contributed by atoms with Crippen LogP contribution in [0.2, 0.25) is 0 Å². The van der Waals surface area contributed by atoms with E-state index in [9.17, 15) is 0 Å². The number of hydrogen-bond acceptors (Lipinski definition) is 1. The van der Waals surface area contributed by atoms with Gasteiger partial charge < -0.3 is 5.11 Å². The molecule has 50 valence electrons. The molecule has 0 atom stereocenters. The monoisotopic (exact) mass is 174 g/mol. The van der Waals surface area contributed by atoms with Crippen LogP contribution in [-0.4, -0.2) is 30.5 Å². The molecule has 0 aromatic carbocycles. The molecule has 0 aliphatic rings. The van der Waals surface area contributed by atoms with Crippen LogP contribution in [0.3, 0.4) is 0 Å². The molecule has 1 N–H and O–H groups in total. The van der Waals surface area contributed by atoms with E-state index in [-0.39, 0.29) is 19.8 Å². The average Bonchev–Trinajstić information content (AvgIpc) is 1.68. The van der Waals surface area contributed by atoms with E-state index in [4.69, 9.17) is 5.11 Å². The molecule has 1 nitrogen and oxygen atoms in total. The Hall–Kier alpha value is 0.596. The summed E-state index contributed by atoms with van der Waals surface area (Å²) in [4.78, 5) is 0. The summed E-state index contributed by atoms with van der Waals surface area (Å²) in [6, 6.07) is 0. The van der Waals surface area contributed by atoms with Crippen LogP contribution in [0.5, 0.6) is 0 Å². The fourth-order valence-electron chi connectivity index (χ4n) is 0.250. The Morgan fingerprint density at radius 2 is 1.50 bits per heavy atom. The fourth-order valence-corrected chi connectivity index (χ4v) is 0.250. The second kappa shape index (κ2) is 4.47. The van der Waals surface area contributed by atoms with Gasteiger partial charge in [0.2, 0.25) is 0 Å². The van der Waals surface area contributed by atoms with Crippen molar-refractivity contribution in [3.63, 3.8) is 0 Å². The number of aliphatic hydroxyl groups is 1. The summed E-state index contributed by atoms with van der Waals surface area (Å²) in [6.07, 6.45) is 1.70. The van der Waals surface area contributed by atoms with Gasteiger partial charge in [-0.2, -0.15) is 0 Å². The Morgan fingerprint density at radius 3 is 1.50 bits per heavy atom. The van der Waals surface area contributed by atoms with Crippen molar-refractivity contribution in [3.05, 3.63) is 0 Å². The molecule has 0 saturated heterocycles. The molecule has 8 heavy (non-hydrogen) atoms. The third-order valence-electron chi connectivity index (χ3n) is 1.52. The number of hydrogen-bond donors (Lipinski definition) is 1. The Kier molecular flexibility index (Phi) is 6.37. The van der Waals surface area contributed by atoms with Crippen molar-refractivity contribution in [3.8, 4) is 0 Å². The predicted molar refractivity (Wildman–Crippen MR) is 41.1 cm³/mol. The van der Waals surface area contributed by atoms with Crippen molar-refractivity contribution in [2.75, 3.05) is 0 Å². The fraction of sp³-hybridized carbons (Fsp3) is 1.00. The first kappa shape index (κ1) is 11.4. The van der Waals surface area contributed by atoms with Crippen molar-refractivity contribution in [2.45, 2.75) is 39.2 Å². The molecule has 0 aliphatic carbocycles. The SMILES string of the molecule is CCC(C)(O)CC.[GaH3]. The number of rotatable bonds is 2. The first-order valence-electron chi connectivity index (χ1n) is 2.84. The van der Waals surface area contributed by atoms with Crippen molar-refractivity contribution in [1.82, 2.24) is 0 Å². The molecule has 0 aliphatic heterocycles. The molecule has 0 bridgehead atoms. The average molecular weight is 175 g/mol. The van der Waals surface area contributed by atoms with E-state index in [0.29, 0.717) is 0 Å². The zero-order valence-electron chi connectivity index (χ0n) is 5.36. The Balaban J connectivity index is 0. The minimum absolute atomic E-state index is 0. The summed E-state index contributed by atoms with van der Waals surface area (Å²) in [7, 11) is 0. The van der Waals surface area contributed by atoms with Crippen molar-refractivity contribution >= 4 is 19.8 Å². The van der Waals surface area contributed by atoms with Gasteiger partial charge in [-0.15, -0.1) is 0 Å². The second-order valence-electron chi connectivity index (χ2n) is 2.20. The van der Waals surface area contributed by atoms with E-state index >= 15 is 0 Å². The van der Waals surface area contributed by atoms with Crippen LogP contribution in [0.15, 0.2) is 0 Å². The second-order valence-corrected chi connectivity index (χ2v) is 2.20. The van der Waals surface area contributed by atoms with Crippen LogP contribution in [0.25, 0.3) is 0 Å². The molecular formula is C6H17GaO. The zero-order chi connectivity index (χ0) is 5.91. The van der Waals surface area contributed by atoms with Crippen LogP contribution >= 0.6 is 0 Å². The first-order chi connectivity index (χ1) is 3.12. The Labute approximate surface area is 64.5 Å². The van der Waals surface area contributed by atoms with Crippen molar-refractivity contribution < 1.29 is 5.11 Å². The maximum atomic E-state index is 9.13. The predicted octanol–water partition coefficient (Wildman–Crippen LogP) is 0.373. The molecule has 0 unspecified atom stereocenters. The Bertz CT molecular complexity index is 46.5. The first-order valence-corrected chi connectivity index (χ1v) is 2.84. The van der Waals surface area contributed by atoms with E-state index < -0.39 is 5.60 Å². The molecule has 0 heterocycles. The van der Waals surface area contributed by atoms with Crippen LogP contribution in [0.4, 0.5) is 0 Å². The van der Waals surface area contributed by atoms with Crippen molar-refractivity contribution in [2.24, 2.45) is 0 Å². The molecule has 0 aromatic rings. The van der Waals surface area contributed by atoms with E-state index in [1.54, 1.807) is 0 Å². The van der Waals surface area contributed by atoms with E-state index in [0.717, 1.165) is 12.8 Å². The summed E-state index contributed by atoms with van der Waals surface area (Å²) < 4.78 is 0. The van der Waals surface area contributed by atoms with Gasteiger partial charge in [0.15, 0.2) is 0 Å². The molecule has 2 heteroatoms. The van der Waals surface area contributed by atoms with Gasteiger partial charge in [0.1, 0.15) is 0 Å². The molecule has 0 aromatic heterocycles. The van der Waals surface area contributed by atoms with E-state index in [2.05, 4.69) is 0 Å². The van der Waals surface area contributed by atoms with Crippen LogP contribution in [0, 0.1) is 0 Å². The quantitative estimate of drug-likeness (QED) is 0.601. The third kappa shape index (κ3) is 4.75. The van der Waals surface area contributed by atoms with Gasteiger partial charge in [0, 0.05) is 0 Å². The van der Waals surface area contributed by atoms with E-state index in [1.165, 1.54) is 0 Å². The summed E-state index contributed by atoms with van der Waals surface area (Å²) in [5, 5.41) is 9.13. The van der Waals surface area contributed by atoms with Gasteiger partial charge in [-0.1, -0.05) is 13.8 Å². The molecule has 0 amide bonds. The summed E-state index contributed by atoms with van der Waals surface area (Å²) in [6.45, 7) is 5.83. The van der Waals surface area contributed by atoms with Gasteiger partial charge in [0.25, 0.3) is 0 Å². The summed E-state index contributed by atoms with van der Waals surface area (Å²) >= 11 is 0. The van der Waals surface area contributed by atoms with Crippen LogP contribution in [0.1, 0.15) is 33.6 Å². The van der Waals surface area contributed by atoms with Gasteiger partial charge in [-0.3, -0.25) is 0 Å². The van der Waals surface area contributed by atoms with Crippen molar-refractivity contribution in [1.29, 1.82) is 0 Å². The molecule has 0 spiro atoms. The molecule has 0 saturated carbocycles. The minimum atomic E-state index is -0.417. The molecule has 0 fully saturated rings. The standard InChI is InChI=1S/C6H14O.Ga.3H/c1-4-6(3,7)5-2;;;;/h7H,4-5H2,1-3H3;;;;. The molecule has 0 rings (SSSR count). The van der Waals surface area contributed by atoms with E-state index in [1.807, 2.05) is 20.8 Å². The molecular weight excluding hydrogens is 158 g/mol. The van der Waals surface area contributed by atoms with Gasteiger partial charge in [-0.05, 0) is 19.8 Å². The van der Waals surface area contributed by atoms with Crippen LogP contribution < -0.4 is 0 Å².